The molecule has 6 nitrogen and oxygen atoms in total. The Labute approximate surface area is 146 Å². The summed E-state index contributed by atoms with van der Waals surface area (Å²) in [6, 6.07) is 11.3. The van der Waals surface area contributed by atoms with Gasteiger partial charge in [-0.05, 0) is 42.5 Å². The summed E-state index contributed by atoms with van der Waals surface area (Å²) in [6.07, 6.45) is 5.15. The van der Waals surface area contributed by atoms with E-state index in [2.05, 4.69) is 4.98 Å². The van der Waals surface area contributed by atoms with Crippen molar-refractivity contribution in [3.8, 4) is 28.4 Å². The molecular formula is C19H12FN3O3. The summed E-state index contributed by atoms with van der Waals surface area (Å²) < 4.78 is 26.9. The molecule has 0 radical (unpaired) electrons. The topological polar surface area (TPSA) is 57.8 Å². The molecule has 0 saturated carbocycles. The number of halogens is 1. The summed E-state index contributed by atoms with van der Waals surface area (Å²) in [7, 11) is 0. The number of benzene rings is 2. The first-order valence-corrected chi connectivity index (χ1v) is 7.95. The van der Waals surface area contributed by atoms with E-state index in [0.29, 0.717) is 22.9 Å². The molecule has 0 bridgehead atoms. The zero-order valence-electron chi connectivity index (χ0n) is 13.4. The highest BCUT2D eigenvalue weighted by molar-refractivity contribution is 5.66. The van der Waals surface area contributed by atoms with Crippen molar-refractivity contribution in [1.82, 2.24) is 14.0 Å². The number of hydrogen-bond acceptors (Lipinski definition) is 4. The molecule has 0 amide bonds. The molecule has 0 unspecified atom stereocenters. The molecule has 0 spiro atoms. The first-order valence-electron chi connectivity index (χ1n) is 7.95. The lowest BCUT2D eigenvalue weighted by molar-refractivity contribution is 0.174. The molecule has 26 heavy (non-hydrogen) atoms. The van der Waals surface area contributed by atoms with Crippen molar-refractivity contribution in [3.05, 3.63) is 77.2 Å². The number of ether oxygens (including phenoxy) is 2. The first-order chi connectivity index (χ1) is 12.7. The second-order valence-electron chi connectivity index (χ2n) is 5.87. The van der Waals surface area contributed by atoms with E-state index >= 15 is 0 Å². The summed E-state index contributed by atoms with van der Waals surface area (Å²) >= 11 is 0. The van der Waals surface area contributed by atoms with Gasteiger partial charge in [0.25, 0.3) is 5.56 Å². The van der Waals surface area contributed by atoms with Gasteiger partial charge in [0, 0.05) is 29.8 Å². The lowest BCUT2D eigenvalue weighted by Crippen LogP contribution is -2.19. The summed E-state index contributed by atoms with van der Waals surface area (Å²) in [5, 5.41) is 0. The molecule has 0 saturated heterocycles. The van der Waals surface area contributed by atoms with Crippen LogP contribution >= 0.6 is 0 Å². The van der Waals surface area contributed by atoms with Gasteiger partial charge >= 0.3 is 0 Å². The minimum atomic E-state index is -0.353. The van der Waals surface area contributed by atoms with Crippen molar-refractivity contribution >= 4 is 5.65 Å². The van der Waals surface area contributed by atoms with Crippen LogP contribution in [-0.4, -0.2) is 20.7 Å². The van der Waals surface area contributed by atoms with Gasteiger partial charge in [-0.3, -0.25) is 9.36 Å². The Hall–Kier alpha value is -3.61. The SMILES string of the molecule is O=c1c2nc(-c3ccc4c(c3)OCO4)cn2ccn1-c1ccc(F)cc1. The lowest BCUT2D eigenvalue weighted by atomic mass is 10.1. The highest BCUT2D eigenvalue weighted by Gasteiger charge is 2.16. The van der Waals surface area contributed by atoms with Crippen molar-refractivity contribution in [2.45, 2.75) is 0 Å². The van der Waals surface area contributed by atoms with Gasteiger partial charge < -0.3 is 13.9 Å². The van der Waals surface area contributed by atoms with Crippen LogP contribution in [0.15, 0.2) is 65.8 Å². The quantitative estimate of drug-likeness (QED) is 0.558. The number of rotatable bonds is 2. The third-order valence-electron chi connectivity index (χ3n) is 4.29. The summed E-state index contributed by atoms with van der Waals surface area (Å²) in [6.45, 7) is 0.201. The van der Waals surface area contributed by atoms with Gasteiger partial charge in [-0.2, -0.15) is 0 Å². The summed E-state index contributed by atoms with van der Waals surface area (Å²) in [4.78, 5) is 17.3. The Kier molecular flexibility index (Phi) is 3.08. The van der Waals surface area contributed by atoms with Crippen molar-refractivity contribution in [2.75, 3.05) is 6.79 Å². The van der Waals surface area contributed by atoms with E-state index in [1.165, 1.54) is 16.7 Å². The van der Waals surface area contributed by atoms with Crippen LogP contribution in [0.1, 0.15) is 0 Å². The molecule has 1 aliphatic heterocycles. The van der Waals surface area contributed by atoms with Gasteiger partial charge in [0.15, 0.2) is 11.5 Å². The van der Waals surface area contributed by atoms with Gasteiger partial charge in [0.1, 0.15) is 5.82 Å². The fourth-order valence-corrected chi connectivity index (χ4v) is 2.98. The van der Waals surface area contributed by atoms with E-state index in [9.17, 15) is 9.18 Å². The minimum Gasteiger partial charge on any atom is -0.454 e. The zero-order valence-corrected chi connectivity index (χ0v) is 13.4. The van der Waals surface area contributed by atoms with Crippen LogP contribution in [0.3, 0.4) is 0 Å². The van der Waals surface area contributed by atoms with E-state index in [0.717, 1.165) is 5.56 Å². The fraction of sp³-hybridized carbons (Fsp3) is 0.0526. The van der Waals surface area contributed by atoms with Gasteiger partial charge in [0.05, 0.1) is 5.69 Å². The third kappa shape index (κ3) is 2.25. The maximum atomic E-state index is 13.1. The predicted octanol–water partition coefficient (Wildman–Crippen LogP) is 3.02. The molecule has 0 N–H and O–H groups in total. The van der Waals surface area contributed by atoms with Crippen molar-refractivity contribution < 1.29 is 13.9 Å². The lowest BCUT2D eigenvalue weighted by Gasteiger charge is -2.05. The number of hydrogen-bond donors (Lipinski definition) is 0. The molecule has 2 aromatic carbocycles. The number of aromatic nitrogens is 3. The summed E-state index contributed by atoms with van der Waals surface area (Å²) in [5.41, 5.74) is 2.05. The van der Waals surface area contributed by atoms with Crippen LogP contribution in [0.4, 0.5) is 4.39 Å². The Balaban J connectivity index is 1.63. The predicted molar refractivity (Wildman–Crippen MR) is 92.3 cm³/mol. The minimum absolute atomic E-state index is 0.201. The summed E-state index contributed by atoms with van der Waals surface area (Å²) in [5.74, 6) is 0.994. The van der Waals surface area contributed by atoms with Gasteiger partial charge in [-0.1, -0.05) is 0 Å². The fourth-order valence-electron chi connectivity index (χ4n) is 2.98. The maximum Gasteiger partial charge on any atom is 0.298 e. The average Bonchev–Trinajstić information content (AvgIpc) is 3.29. The van der Waals surface area contributed by atoms with Gasteiger partial charge in [-0.25, -0.2) is 9.37 Å². The molecule has 0 aliphatic carbocycles. The van der Waals surface area contributed by atoms with Crippen LogP contribution in [0.25, 0.3) is 22.6 Å². The molecular weight excluding hydrogens is 337 g/mol. The van der Waals surface area contributed by atoms with E-state index in [4.69, 9.17) is 9.47 Å². The van der Waals surface area contributed by atoms with Crippen LogP contribution in [-0.2, 0) is 0 Å². The van der Waals surface area contributed by atoms with Gasteiger partial charge in [0.2, 0.25) is 12.4 Å². The maximum absolute atomic E-state index is 13.1. The number of nitrogens with zero attached hydrogens (tertiary/aromatic N) is 3. The average molecular weight is 349 g/mol. The highest BCUT2D eigenvalue weighted by Crippen LogP contribution is 2.35. The second kappa shape index (κ2) is 5.45. The molecule has 7 heteroatoms. The van der Waals surface area contributed by atoms with Crippen molar-refractivity contribution in [3.63, 3.8) is 0 Å². The van der Waals surface area contributed by atoms with E-state index in [1.54, 1.807) is 35.1 Å². The monoisotopic (exact) mass is 349 g/mol. The standard InChI is InChI=1S/C19H12FN3O3/c20-13-2-4-14(5-3-13)23-8-7-22-10-15(21-18(22)19(23)24)12-1-6-16-17(9-12)26-11-25-16/h1-10H,11H2. The van der Waals surface area contributed by atoms with Crippen LogP contribution in [0.5, 0.6) is 11.5 Å². The molecule has 0 atom stereocenters. The van der Waals surface area contributed by atoms with Crippen LogP contribution in [0.2, 0.25) is 0 Å². The molecule has 4 aromatic rings. The first kappa shape index (κ1) is 14.7. The van der Waals surface area contributed by atoms with Crippen molar-refractivity contribution in [1.29, 1.82) is 0 Å². The molecule has 2 aromatic heterocycles. The van der Waals surface area contributed by atoms with Crippen molar-refractivity contribution in [2.24, 2.45) is 0 Å². The largest absolute Gasteiger partial charge is 0.454 e. The van der Waals surface area contributed by atoms with Gasteiger partial charge in [-0.15, -0.1) is 0 Å². The molecule has 3 heterocycles. The zero-order chi connectivity index (χ0) is 17.7. The Morgan fingerprint density at radius 2 is 1.81 bits per heavy atom. The number of fused-ring (bicyclic) bond motifs is 2. The van der Waals surface area contributed by atoms with Crippen LogP contribution < -0.4 is 15.0 Å². The van der Waals surface area contributed by atoms with E-state index in [-0.39, 0.29) is 23.8 Å². The smallest absolute Gasteiger partial charge is 0.298 e. The molecule has 5 rings (SSSR count). The molecule has 0 fully saturated rings. The third-order valence-corrected chi connectivity index (χ3v) is 4.29. The molecule has 1 aliphatic rings. The Bertz CT molecular complexity index is 1200. The van der Waals surface area contributed by atoms with Crippen LogP contribution in [0, 0.1) is 5.82 Å². The normalized spacial score (nSPS) is 12.7. The van der Waals surface area contributed by atoms with E-state index < -0.39 is 0 Å². The number of imidazole rings is 1. The molecule has 128 valence electrons. The Morgan fingerprint density at radius 1 is 1.00 bits per heavy atom. The highest BCUT2D eigenvalue weighted by atomic mass is 19.1. The Morgan fingerprint density at radius 3 is 2.65 bits per heavy atom. The van der Waals surface area contributed by atoms with E-state index in [1.807, 2.05) is 18.2 Å². The second-order valence-corrected chi connectivity index (χ2v) is 5.87.